The second-order valence-corrected chi connectivity index (χ2v) is 9.02. The first-order chi connectivity index (χ1) is 12.1. The van der Waals surface area contributed by atoms with E-state index >= 15 is 0 Å². The van der Waals surface area contributed by atoms with Gasteiger partial charge in [-0.15, -0.1) is 0 Å². The summed E-state index contributed by atoms with van der Waals surface area (Å²) in [5.41, 5.74) is 7.15. The third-order valence-electron chi connectivity index (χ3n) is 5.70. The fourth-order valence-electron chi connectivity index (χ4n) is 4.10. The second-order valence-electron chi connectivity index (χ2n) is 9.02. The van der Waals surface area contributed by atoms with Gasteiger partial charge in [0.25, 0.3) is 0 Å². The molecule has 0 bridgehead atoms. The SMILES string of the molecule is COc1cc(F)c(C(C)C)cc1-c1cc2c(cc1C(C)(C)C)C(C)CC2. The quantitative estimate of drug-likeness (QED) is 0.578. The molecule has 1 aliphatic rings. The van der Waals surface area contributed by atoms with Gasteiger partial charge in [-0.05, 0) is 64.0 Å². The minimum absolute atomic E-state index is 0.00403. The van der Waals surface area contributed by atoms with Gasteiger partial charge in [0.1, 0.15) is 11.6 Å². The Morgan fingerprint density at radius 3 is 2.35 bits per heavy atom. The molecule has 1 nitrogen and oxygen atoms in total. The average Bonchev–Trinajstić information content (AvgIpc) is 2.92. The number of fused-ring (bicyclic) bond motifs is 1. The van der Waals surface area contributed by atoms with Gasteiger partial charge in [0.05, 0.1) is 7.11 Å². The van der Waals surface area contributed by atoms with Crippen LogP contribution in [-0.2, 0) is 11.8 Å². The van der Waals surface area contributed by atoms with Crippen molar-refractivity contribution in [3.05, 3.63) is 52.3 Å². The molecule has 3 rings (SSSR count). The van der Waals surface area contributed by atoms with Gasteiger partial charge in [-0.1, -0.05) is 53.7 Å². The zero-order valence-corrected chi connectivity index (χ0v) is 17.2. The largest absolute Gasteiger partial charge is 0.496 e. The normalized spacial score (nSPS) is 16.9. The van der Waals surface area contributed by atoms with E-state index in [9.17, 15) is 4.39 Å². The Kier molecular flexibility index (Phi) is 4.90. The number of aryl methyl sites for hydroxylation is 1. The Morgan fingerprint density at radius 1 is 1.08 bits per heavy atom. The Morgan fingerprint density at radius 2 is 1.77 bits per heavy atom. The topological polar surface area (TPSA) is 9.23 Å². The highest BCUT2D eigenvalue weighted by Crippen LogP contribution is 2.44. The summed E-state index contributed by atoms with van der Waals surface area (Å²) in [5, 5.41) is 0. The molecule has 140 valence electrons. The van der Waals surface area contributed by atoms with Crippen molar-refractivity contribution in [1.29, 1.82) is 0 Å². The third kappa shape index (κ3) is 3.26. The van der Waals surface area contributed by atoms with E-state index in [1.165, 1.54) is 28.7 Å². The van der Waals surface area contributed by atoms with Crippen LogP contribution in [0.1, 0.15) is 82.1 Å². The van der Waals surface area contributed by atoms with Gasteiger partial charge < -0.3 is 4.74 Å². The molecule has 2 aromatic carbocycles. The fourth-order valence-corrected chi connectivity index (χ4v) is 4.10. The number of rotatable bonds is 3. The molecule has 1 atom stereocenters. The van der Waals surface area contributed by atoms with Crippen molar-refractivity contribution >= 4 is 0 Å². The molecular formula is C24H31FO. The van der Waals surface area contributed by atoms with Crippen LogP contribution in [0.5, 0.6) is 5.75 Å². The van der Waals surface area contributed by atoms with E-state index in [4.69, 9.17) is 4.74 Å². The highest BCUT2D eigenvalue weighted by atomic mass is 19.1. The van der Waals surface area contributed by atoms with Crippen molar-refractivity contribution in [1.82, 2.24) is 0 Å². The molecule has 0 saturated heterocycles. The highest BCUT2D eigenvalue weighted by Gasteiger charge is 2.27. The lowest BCUT2D eigenvalue weighted by atomic mass is 9.79. The molecule has 0 aromatic heterocycles. The van der Waals surface area contributed by atoms with Crippen molar-refractivity contribution in [2.24, 2.45) is 0 Å². The van der Waals surface area contributed by atoms with Gasteiger partial charge in [-0.3, -0.25) is 0 Å². The van der Waals surface area contributed by atoms with E-state index in [0.29, 0.717) is 11.7 Å². The van der Waals surface area contributed by atoms with Crippen LogP contribution >= 0.6 is 0 Å². The van der Waals surface area contributed by atoms with Crippen molar-refractivity contribution in [3.8, 4) is 16.9 Å². The van der Waals surface area contributed by atoms with E-state index in [0.717, 1.165) is 17.5 Å². The Labute approximate surface area is 157 Å². The summed E-state index contributed by atoms with van der Waals surface area (Å²) in [5.74, 6) is 1.17. The first kappa shape index (κ1) is 18.9. The molecule has 2 heteroatoms. The maximum atomic E-state index is 14.5. The molecule has 0 aliphatic heterocycles. The molecule has 1 aliphatic carbocycles. The minimum atomic E-state index is -0.187. The first-order valence-electron chi connectivity index (χ1n) is 9.68. The Hall–Kier alpha value is -1.83. The zero-order chi connectivity index (χ0) is 19.2. The monoisotopic (exact) mass is 354 g/mol. The van der Waals surface area contributed by atoms with E-state index in [2.05, 4.69) is 39.8 Å². The molecule has 0 N–H and O–H groups in total. The zero-order valence-electron chi connectivity index (χ0n) is 17.2. The predicted molar refractivity (Wildman–Crippen MR) is 108 cm³/mol. The van der Waals surface area contributed by atoms with Crippen molar-refractivity contribution in [2.45, 2.75) is 71.6 Å². The summed E-state index contributed by atoms with van der Waals surface area (Å²) in [7, 11) is 1.62. The highest BCUT2D eigenvalue weighted by molar-refractivity contribution is 5.77. The molecule has 26 heavy (non-hydrogen) atoms. The minimum Gasteiger partial charge on any atom is -0.496 e. The van der Waals surface area contributed by atoms with Crippen molar-refractivity contribution in [2.75, 3.05) is 7.11 Å². The van der Waals surface area contributed by atoms with E-state index < -0.39 is 0 Å². The molecule has 0 radical (unpaired) electrons. The standard InChI is InChI=1S/C24H31FO/c1-14(2)17-11-20(23(26-7)13-22(17)25)19-10-16-9-8-15(3)18(16)12-21(19)24(4,5)6/h10-15H,8-9H2,1-7H3. The smallest absolute Gasteiger partial charge is 0.130 e. The first-order valence-corrected chi connectivity index (χ1v) is 9.68. The van der Waals surface area contributed by atoms with Crippen LogP contribution in [0, 0.1) is 5.82 Å². The number of ether oxygens (including phenoxy) is 1. The second kappa shape index (κ2) is 6.72. The molecule has 0 spiro atoms. The van der Waals surface area contributed by atoms with Crippen LogP contribution in [0.25, 0.3) is 11.1 Å². The average molecular weight is 355 g/mol. The van der Waals surface area contributed by atoms with Gasteiger partial charge in [0.15, 0.2) is 0 Å². The number of benzene rings is 2. The van der Waals surface area contributed by atoms with Gasteiger partial charge in [-0.25, -0.2) is 4.39 Å². The fraction of sp³-hybridized carbons (Fsp3) is 0.500. The molecule has 1 unspecified atom stereocenters. The number of hydrogen-bond acceptors (Lipinski definition) is 1. The van der Waals surface area contributed by atoms with E-state index in [1.807, 2.05) is 19.9 Å². The lowest BCUT2D eigenvalue weighted by Gasteiger charge is -2.26. The Bertz CT molecular complexity index is 827. The van der Waals surface area contributed by atoms with Crippen LogP contribution in [0.15, 0.2) is 24.3 Å². The summed E-state index contributed by atoms with van der Waals surface area (Å²) in [6.07, 6.45) is 2.33. The van der Waals surface area contributed by atoms with Gasteiger partial charge in [0, 0.05) is 11.6 Å². The van der Waals surface area contributed by atoms with E-state index in [-0.39, 0.29) is 17.2 Å². The van der Waals surface area contributed by atoms with Crippen LogP contribution in [-0.4, -0.2) is 7.11 Å². The van der Waals surface area contributed by atoms with E-state index in [1.54, 1.807) is 13.2 Å². The summed E-state index contributed by atoms with van der Waals surface area (Å²) in [6, 6.07) is 8.26. The maximum absolute atomic E-state index is 14.5. The number of methoxy groups -OCH3 is 1. The summed E-state index contributed by atoms with van der Waals surface area (Å²) in [6.45, 7) is 13.1. The molecule has 2 aromatic rings. The van der Waals surface area contributed by atoms with Gasteiger partial charge >= 0.3 is 0 Å². The molecule has 0 saturated carbocycles. The Balaban J connectivity index is 2.31. The van der Waals surface area contributed by atoms with Crippen molar-refractivity contribution < 1.29 is 9.13 Å². The molecule has 0 fully saturated rings. The molecule has 0 amide bonds. The van der Waals surface area contributed by atoms with Crippen LogP contribution in [0.4, 0.5) is 4.39 Å². The maximum Gasteiger partial charge on any atom is 0.130 e. The predicted octanol–water partition coefficient (Wildman–Crippen LogP) is 6.97. The van der Waals surface area contributed by atoms with Crippen LogP contribution in [0.2, 0.25) is 0 Å². The number of hydrogen-bond donors (Lipinski definition) is 0. The molecule has 0 heterocycles. The summed E-state index contributed by atoms with van der Waals surface area (Å²) < 4.78 is 20.1. The van der Waals surface area contributed by atoms with Gasteiger partial charge in [0.2, 0.25) is 0 Å². The van der Waals surface area contributed by atoms with Crippen LogP contribution < -0.4 is 4.74 Å². The van der Waals surface area contributed by atoms with Gasteiger partial charge in [-0.2, -0.15) is 0 Å². The lowest BCUT2D eigenvalue weighted by Crippen LogP contribution is -2.14. The molecular weight excluding hydrogens is 323 g/mol. The summed E-state index contributed by atoms with van der Waals surface area (Å²) in [4.78, 5) is 0. The van der Waals surface area contributed by atoms with Crippen molar-refractivity contribution in [3.63, 3.8) is 0 Å². The number of halogens is 1. The lowest BCUT2D eigenvalue weighted by molar-refractivity contribution is 0.412. The van der Waals surface area contributed by atoms with Crippen LogP contribution in [0.3, 0.4) is 0 Å². The summed E-state index contributed by atoms with van der Waals surface area (Å²) >= 11 is 0. The third-order valence-corrected chi connectivity index (χ3v) is 5.70.